The Morgan fingerprint density at radius 2 is 1.83 bits per heavy atom. The zero-order chi connectivity index (χ0) is 13.1. The van der Waals surface area contributed by atoms with Crippen LogP contribution in [0.4, 0.5) is 5.69 Å². The molecular formula is C12H7ClINO2S. The Labute approximate surface area is 127 Å². The van der Waals surface area contributed by atoms with Gasteiger partial charge in [0.2, 0.25) is 0 Å². The molecule has 0 spiro atoms. The molecule has 6 heteroatoms. The van der Waals surface area contributed by atoms with Crippen molar-refractivity contribution < 1.29 is 4.92 Å². The van der Waals surface area contributed by atoms with E-state index in [4.69, 9.17) is 11.6 Å². The van der Waals surface area contributed by atoms with Crippen LogP contribution in [0.25, 0.3) is 0 Å². The molecule has 92 valence electrons. The van der Waals surface area contributed by atoms with Crippen molar-refractivity contribution in [2.75, 3.05) is 0 Å². The molecule has 0 amide bonds. The molecule has 3 nitrogen and oxygen atoms in total. The van der Waals surface area contributed by atoms with Crippen LogP contribution in [-0.4, -0.2) is 4.92 Å². The van der Waals surface area contributed by atoms with Crippen molar-refractivity contribution in [3.8, 4) is 0 Å². The molecule has 0 aliphatic carbocycles. The van der Waals surface area contributed by atoms with Crippen LogP contribution < -0.4 is 0 Å². The summed E-state index contributed by atoms with van der Waals surface area (Å²) in [5.74, 6) is 0. The smallest absolute Gasteiger partial charge is 0.258 e. The summed E-state index contributed by atoms with van der Waals surface area (Å²) in [7, 11) is 0. The third kappa shape index (κ3) is 3.37. The number of hydrogen-bond donors (Lipinski definition) is 0. The van der Waals surface area contributed by atoms with Gasteiger partial charge in [-0.05, 0) is 52.9 Å². The largest absolute Gasteiger partial charge is 0.270 e. The molecule has 0 saturated heterocycles. The highest BCUT2D eigenvalue weighted by Gasteiger charge is 2.09. The normalized spacial score (nSPS) is 10.3. The SMILES string of the molecule is O=[N+]([O-])c1ccc(Sc2ccc(Cl)cc2)c(I)c1. The fraction of sp³-hybridized carbons (Fsp3) is 0. The minimum absolute atomic E-state index is 0.111. The second-order valence-electron chi connectivity index (χ2n) is 3.43. The highest BCUT2D eigenvalue weighted by atomic mass is 127. The van der Waals surface area contributed by atoms with Gasteiger partial charge in [-0.2, -0.15) is 0 Å². The monoisotopic (exact) mass is 391 g/mol. The minimum Gasteiger partial charge on any atom is -0.258 e. The Morgan fingerprint density at radius 1 is 1.17 bits per heavy atom. The minimum atomic E-state index is -0.390. The second-order valence-corrected chi connectivity index (χ2v) is 6.14. The van der Waals surface area contributed by atoms with Gasteiger partial charge in [0.15, 0.2) is 0 Å². The molecule has 0 bridgehead atoms. The van der Waals surface area contributed by atoms with Crippen molar-refractivity contribution in [1.29, 1.82) is 0 Å². The van der Waals surface area contributed by atoms with Crippen LogP contribution in [0.1, 0.15) is 0 Å². The third-order valence-electron chi connectivity index (χ3n) is 2.17. The lowest BCUT2D eigenvalue weighted by Gasteiger charge is -2.04. The van der Waals surface area contributed by atoms with E-state index >= 15 is 0 Å². The number of benzene rings is 2. The number of rotatable bonds is 3. The number of nitrogens with zero attached hydrogens (tertiary/aromatic N) is 1. The number of nitro benzene ring substituents is 1. The van der Waals surface area contributed by atoms with Gasteiger partial charge in [-0.25, -0.2) is 0 Å². The molecular weight excluding hydrogens is 385 g/mol. The Kier molecular flexibility index (Phi) is 4.47. The van der Waals surface area contributed by atoms with E-state index in [2.05, 4.69) is 22.6 Å². The molecule has 0 N–H and O–H groups in total. The van der Waals surface area contributed by atoms with E-state index in [1.54, 1.807) is 23.9 Å². The molecule has 2 aromatic rings. The van der Waals surface area contributed by atoms with E-state index in [1.165, 1.54) is 6.07 Å². The molecule has 0 aromatic heterocycles. The molecule has 0 heterocycles. The fourth-order valence-corrected chi connectivity index (χ4v) is 3.09. The summed E-state index contributed by atoms with van der Waals surface area (Å²) in [6.45, 7) is 0. The Bertz CT molecular complexity index is 589. The fourth-order valence-electron chi connectivity index (χ4n) is 1.32. The lowest BCUT2D eigenvalue weighted by atomic mass is 10.3. The van der Waals surface area contributed by atoms with Crippen molar-refractivity contribution in [2.45, 2.75) is 9.79 Å². The van der Waals surface area contributed by atoms with Crippen molar-refractivity contribution in [3.05, 3.63) is 61.2 Å². The summed E-state index contributed by atoms with van der Waals surface area (Å²) >= 11 is 9.47. The van der Waals surface area contributed by atoms with Gasteiger partial charge < -0.3 is 0 Å². The van der Waals surface area contributed by atoms with Crippen LogP contribution in [0.2, 0.25) is 5.02 Å². The maximum Gasteiger partial charge on any atom is 0.270 e. The van der Waals surface area contributed by atoms with E-state index in [0.29, 0.717) is 5.02 Å². The first-order valence-corrected chi connectivity index (χ1v) is 7.21. The zero-order valence-corrected chi connectivity index (χ0v) is 12.7. The van der Waals surface area contributed by atoms with Crippen LogP contribution in [-0.2, 0) is 0 Å². The van der Waals surface area contributed by atoms with Crippen LogP contribution >= 0.6 is 46.0 Å². The molecule has 2 rings (SSSR count). The van der Waals surface area contributed by atoms with Gasteiger partial charge in [-0.1, -0.05) is 23.4 Å². The molecule has 0 atom stereocenters. The standard InChI is InChI=1S/C12H7ClINO2S/c13-8-1-4-10(5-2-8)18-12-6-3-9(15(16)17)7-11(12)14/h1-7H. The van der Waals surface area contributed by atoms with Gasteiger partial charge >= 0.3 is 0 Å². The first-order chi connectivity index (χ1) is 8.56. The first-order valence-electron chi connectivity index (χ1n) is 4.93. The predicted molar refractivity (Wildman–Crippen MR) is 81.4 cm³/mol. The number of non-ortho nitro benzene ring substituents is 1. The Balaban J connectivity index is 2.24. The third-order valence-corrected chi connectivity index (χ3v) is 4.76. The summed E-state index contributed by atoms with van der Waals surface area (Å²) < 4.78 is 0.863. The van der Waals surface area contributed by atoms with Crippen LogP contribution in [0.3, 0.4) is 0 Å². The number of nitro groups is 1. The van der Waals surface area contributed by atoms with Gasteiger partial charge in [0.25, 0.3) is 5.69 Å². The molecule has 0 radical (unpaired) electrons. The summed E-state index contributed by atoms with van der Waals surface area (Å²) in [4.78, 5) is 12.3. The van der Waals surface area contributed by atoms with E-state index < -0.39 is 0 Å². The lowest BCUT2D eigenvalue weighted by Crippen LogP contribution is -1.89. The summed E-state index contributed by atoms with van der Waals surface area (Å²) in [6.07, 6.45) is 0. The summed E-state index contributed by atoms with van der Waals surface area (Å²) in [6, 6.07) is 12.3. The van der Waals surface area contributed by atoms with Gasteiger partial charge in [-0.15, -0.1) is 0 Å². The number of halogens is 2. The van der Waals surface area contributed by atoms with Crippen molar-refractivity contribution in [3.63, 3.8) is 0 Å². The molecule has 0 saturated carbocycles. The molecule has 0 aliphatic heterocycles. The quantitative estimate of drug-likeness (QED) is 0.420. The van der Waals surface area contributed by atoms with Gasteiger partial charge in [0.1, 0.15) is 0 Å². The Morgan fingerprint density at radius 3 is 2.39 bits per heavy atom. The molecule has 0 aliphatic rings. The predicted octanol–water partition coefficient (Wildman–Crippen LogP) is 5.00. The van der Waals surface area contributed by atoms with Crippen molar-refractivity contribution in [2.24, 2.45) is 0 Å². The Hall–Kier alpha value is -0.790. The topological polar surface area (TPSA) is 43.1 Å². The first kappa shape index (κ1) is 13.6. The molecule has 2 aromatic carbocycles. The van der Waals surface area contributed by atoms with Crippen molar-refractivity contribution in [1.82, 2.24) is 0 Å². The molecule has 18 heavy (non-hydrogen) atoms. The van der Waals surface area contributed by atoms with E-state index in [-0.39, 0.29) is 10.6 Å². The highest BCUT2D eigenvalue weighted by molar-refractivity contribution is 14.1. The number of hydrogen-bond acceptors (Lipinski definition) is 3. The average Bonchev–Trinajstić information content (AvgIpc) is 2.34. The highest BCUT2D eigenvalue weighted by Crippen LogP contribution is 2.33. The molecule has 0 fully saturated rings. The lowest BCUT2D eigenvalue weighted by molar-refractivity contribution is -0.385. The average molecular weight is 392 g/mol. The van der Waals surface area contributed by atoms with Gasteiger partial charge in [0, 0.05) is 30.5 Å². The summed E-state index contributed by atoms with van der Waals surface area (Å²) in [5, 5.41) is 11.3. The van der Waals surface area contributed by atoms with Crippen LogP contribution in [0.5, 0.6) is 0 Å². The zero-order valence-electron chi connectivity index (χ0n) is 8.97. The summed E-state index contributed by atoms with van der Waals surface area (Å²) in [5.41, 5.74) is 0.111. The van der Waals surface area contributed by atoms with Gasteiger partial charge in [-0.3, -0.25) is 10.1 Å². The molecule has 0 unspecified atom stereocenters. The van der Waals surface area contributed by atoms with Crippen molar-refractivity contribution >= 4 is 51.6 Å². The van der Waals surface area contributed by atoms with Crippen LogP contribution in [0.15, 0.2) is 52.3 Å². The van der Waals surface area contributed by atoms with Gasteiger partial charge in [0.05, 0.1) is 4.92 Å². The van der Waals surface area contributed by atoms with E-state index in [1.807, 2.05) is 24.3 Å². The maximum absolute atomic E-state index is 10.6. The second kappa shape index (κ2) is 5.90. The van der Waals surface area contributed by atoms with E-state index in [0.717, 1.165) is 13.4 Å². The van der Waals surface area contributed by atoms with Crippen LogP contribution in [0, 0.1) is 13.7 Å². The van der Waals surface area contributed by atoms with E-state index in [9.17, 15) is 10.1 Å². The maximum atomic E-state index is 10.6.